The second-order valence-electron chi connectivity index (χ2n) is 11.6. The van der Waals surface area contributed by atoms with Gasteiger partial charge in [-0.2, -0.15) is 4.31 Å². The van der Waals surface area contributed by atoms with Crippen molar-refractivity contribution in [1.29, 1.82) is 0 Å². The van der Waals surface area contributed by atoms with Crippen molar-refractivity contribution in [3.63, 3.8) is 0 Å². The number of sulfonamides is 1. The normalized spacial score (nSPS) is 18.9. The first-order valence-electron chi connectivity index (χ1n) is 14.9. The number of hydrogen-bond acceptors (Lipinski definition) is 7. The Bertz CT molecular complexity index is 1880. The van der Waals surface area contributed by atoms with Crippen LogP contribution < -0.4 is 4.90 Å². The minimum absolute atomic E-state index is 0.000620. The van der Waals surface area contributed by atoms with Crippen LogP contribution in [0, 0.1) is 12.7 Å². The van der Waals surface area contributed by atoms with Crippen molar-refractivity contribution >= 4 is 27.5 Å². The summed E-state index contributed by atoms with van der Waals surface area (Å²) in [6.07, 6.45) is 2.51. The van der Waals surface area contributed by atoms with E-state index >= 15 is 0 Å². The summed E-state index contributed by atoms with van der Waals surface area (Å²) in [4.78, 5) is 18.1. The molecule has 45 heavy (non-hydrogen) atoms. The molecule has 6 rings (SSSR count). The number of carboxylic acids is 1. The van der Waals surface area contributed by atoms with Crippen LogP contribution in [-0.2, 0) is 27.8 Å². The van der Waals surface area contributed by atoms with Gasteiger partial charge >= 0.3 is 5.97 Å². The van der Waals surface area contributed by atoms with Gasteiger partial charge in [0.15, 0.2) is 5.65 Å². The molecule has 1 aromatic carbocycles. The molecule has 0 bridgehead atoms. The van der Waals surface area contributed by atoms with Crippen molar-refractivity contribution in [2.45, 2.75) is 75.8 Å². The average molecular weight is 643 g/mol. The number of alkyl halides is 2. The van der Waals surface area contributed by atoms with E-state index in [2.05, 4.69) is 15.2 Å². The minimum atomic E-state index is -4.15. The van der Waals surface area contributed by atoms with Gasteiger partial charge in [-0.25, -0.2) is 26.6 Å². The molecular formula is C31H33F3N6O4S. The second kappa shape index (κ2) is 12.0. The van der Waals surface area contributed by atoms with Gasteiger partial charge in [0.1, 0.15) is 16.5 Å². The third-order valence-electron chi connectivity index (χ3n) is 8.93. The summed E-state index contributed by atoms with van der Waals surface area (Å²) < 4.78 is 72.0. The summed E-state index contributed by atoms with van der Waals surface area (Å²) in [5, 5.41) is 17.4. The van der Waals surface area contributed by atoms with E-state index in [9.17, 15) is 31.5 Å². The van der Waals surface area contributed by atoms with Gasteiger partial charge < -0.3 is 10.0 Å². The summed E-state index contributed by atoms with van der Waals surface area (Å²) in [6, 6.07) is 8.03. The molecule has 3 aromatic heterocycles. The van der Waals surface area contributed by atoms with E-state index in [1.54, 1.807) is 13.0 Å². The van der Waals surface area contributed by atoms with Crippen LogP contribution in [-0.4, -0.2) is 62.5 Å². The average Bonchev–Trinajstić information content (AvgIpc) is 3.42. The molecule has 14 heteroatoms. The topological polar surface area (TPSA) is 121 Å². The van der Waals surface area contributed by atoms with Gasteiger partial charge in [-0.05, 0) is 72.6 Å². The van der Waals surface area contributed by atoms with Gasteiger partial charge in [0.2, 0.25) is 15.8 Å². The van der Waals surface area contributed by atoms with Gasteiger partial charge in [0, 0.05) is 37.8 Å². The lowest BCUT2D eigenvalue weighted by atomic mass is 9.85. The van der Waals surface area contributed by atoms with Gasteiger partial charge in [-0.1, -0.05) is 25.1 Å². The smallest absolute Gasteiger partial charge is 0.304 e. The highest BCUT2D eigenvalue weighted by molar-refractivity contribution is 7.89. The number of anilines is 1. The van der Waals surface area contributed by atoms with Crippen LogP contribution in [0.5, 0.6) is 0 Å². The number of pyridine rings is 2. The molecule has 0 aliphatic carbocycles. The highest BCUT2D eigenvalue weighted by atomic mass is 32.2. The SMILES string of the molecule is CCc1ccc([C@H](CC(=O)O)c2ccn3c(C(F)F)nnc3c2C)cc1CN1C[C@H]2CCCCN2c2ncc(F)cc2S1(=O)=O. The van der Waals surface area contributed by atoms with E-state index < -0.39 is 40.0 Å². The van der Waals surface area contributed by atoms with Crippen LogP contribution in [0.1, 0.15) is 78.6 Å². The van der Waals surface area contributed by atoms with Crippen molar-refractivity contribution < 1.29 is 31.5 Å². The van der Waals surface area contributed by atoms with Crippen molar-refractivity contribution in [2.75, 3.05) is 18.0 Å². The molecule has 238 valence electrons. The molecule has 2 aliphatic rings. The quantitative estimate of drug-likeness (QED) is 0.277. The van der Waals surface area contributed by atoms with Crippen molar-refractivity contribution in [3.05, 3.63) is 82.2 Å². The number of carbonyl (C=O) groups is 1. The molecule has 0 amide bonds. The van der Waals surface area contributed by atoms with Crippen LogP contribution in [0.3, 0.4) is 0 Å². The maximum Gasteiger partial charge on any atom is 0.304 e. The van der Waals surface area contributed by atoms with Gasteiger partial charge in [-0.3, -0.25) is 9.20 Å². The molecule has 2 aliphatic heterocycles. The number of piperidine rings is 1. The van der Waals surface area contributed by atoms with Crippen LogP contribution in [0.15, 0.2) is 47.6 Å². The largest absolute Gasteiger partial charge is 0.481 e. The Morgan fingerprint density at radius 1 is 1.13 bits per heavy atom. The number of rotatable bonds is 8. The van der Waals surface area contributed by atoms with Crippen molar-refractivity contribution in [3.8, 4) is 0 Å². The number of fused-ring (bicyclic) bond motifs is 4. The second-order valence-corrected chi connectivity index (χ2v) is 13.5. The molecule has 4 aromatic rings. The van der Waals surface area contributed by atoms with Gasteiger partial charge in [-0.15, -0.1) is 10.2 Å². The third-order valence-corrected chi connectivity index (χ3v) is 10.7. The number of hydrogen-bond donors (Lipinski definition) is 1. The van der Waals surface area contributed by atoms with E-state index in [1.807, 2.05) is 30.0 Å². The number of aryl methyl sites for hydroxylation is 2. The maximum atomic E-state index is 14.4. The lowest BCUT2D eigenvalue weighted by molar-refractivity contribution is -0.137. The molecule has 1 fully saturated rings. The minimum Gasteiger partial charge on any atom is -0.481 e. The summed E-state index contributed by atoms with van der Waals surface area (Å²) in [5.74, 6) is -2.72. The first kappa shape index (κ1) is 31.0. The zero-order valence-corrected chi connectivity index (χ0v) is 25.6. The predicted molar refractivity (Wildman–Crippen MR) is 159 cm³/mol. The lowest BCUT2D eigenvalue weighted by Crippen LogP contribution is -2.45. The molecular weight excluding hydrogens is 609 g/mol. The van der Waals surface area contributed by atoms with Crippen LogP contribution in [0.2, 0.25) is 0 Å². The fourth-order valence-corrected chi connectivity index (χ4v) is 8.30. The van der Waals surface area contributed by atoms with Crippen LogP contribution >= 0.6 is 0 Å². The molecule has 0 spiro atoms. The van der Waals surface area contributed by atoms with Crippen LogP contribution in [0.25, 0.3) is 5.65 Å². The molecule has 0 radical (unpaired) electrons. The number of benzene rings is 1. The van der Waals surface area contributed by atoms with Crippen molar-refractivity contribution in [1.82, 2.24) is 23.9 Å². The third kappa shape index (κ3) is 5.65. The molecule has 0 unspecified atom stereocenters. The molecule has 2 atom stereocenters. The summed E-state index contributed by atoms with van der Waals surface area (Å²) in [5.41, 5.74) is 3.52. The Morgan fingerprint density at radius 3 is 2.67 bits per heavy atom. The monoisotopic (exact) mass is 642 g/mol. The van der Waals surface area contributed by atoms with Crippen LogP contribution in [0.4, 0.5) is 19.0 Å². The first-order chi connectivity index (χ1) is 21.5. The number of carboxylic acid groups (broad SMARTS) is 1. The summed E-state index contributed by atoms with van der Waals surface area (Å²) in [6.45, 7) is 4.46. The van der Waals surface area contributed by atoms with E-state index in [0.29, 0.717) is 35.2 Å². The summed E-state index contributed by atoms with van der Waals surface area (Å²) in [7, 11) is -4.15. The number of aromatic nitrogens is 4. The Kier molecular flexibility index (Phi) is 8.29. The lowest BCUT2D eigenvalue weighted by Gasteiger charge is -2.36. The molecule has 10 nitrogen and oxygen atoms in total. The zero-order chi connectivity index (χ0) is 32.0. The number of halogens is 3. The fraction of sp³-hybridized carbons (Fsp3) is 0.419. The Morgan fingerprint density at radius 2 is 1.93 bits per heavy atom. The predicted octanol–water partition coefficient (Wildman–Crippen LogP) is 5.24. The summed E-state index contributed by atoms with van der Waals surface area (Å²) >= 11 is 0. The molecule has 1 saturated heterocycles. The van der Waals surface area contributed by atoms with E-state index in [0.717, 1.165) is 37.1 Å². The fourth-order valence-electron chi connectivity index (χ4n) is 6.68. The number of aliphatic carboxylic acids is 1. The van der Waals surface area contributed by atoms with Crippen molar-refractivity contribution in [2.24, 2.45) is 0 Å². The highest BCUT2D eigenvalue weighted by Gasteiger charge is 2.40. The standard InChI is InChI=1S/C31H33F3N6O4S/c1-3-19-7-8-20(25(14-27(41)42)24-9-11-40-29(18(24)2)36-37-31(40)28(33)34)12-21(19)16-38-17-23-6-4-5-10-39(23)30-26(45(38,43)44)13-22(32)15-35-30/h7-9,11-13,15,23,25,28H,3-6,10,14,16-17H2,1-2H3,(H,41,42)/t23-,25+/m1/s1. The number of nitrogens with zero attached hydrogens (tertiary/aromatic N) is 6. The first-order valence-corrected chi connectivity index (χ1v) is 16.3. The Balaban J connectivity index is 1.42. The maximum absolute atomic E-state index is 14.4. The van der Waals surface area contributed by atoms with Gasteiger partial charge in [0.05, 0.1) is 12.6 Å². The van der Waals surface area contributed by atoms with Gasteiger partial charge in [0.25, 0.3) is 6.43 Å². The van der Waals surface area contributed by atoms with E-state index in [-0.39, 0.29) is 41.9 Å². The molecule has 1 N–H and O–H groups in total. The molecule has 5 heterocycles. The van der Waals surface area contributed by atoms with E-state index in [4.69, 9.17) is 0 Å². The zero-order valence-electron chi connectivity index (χ0n) is 24.8. The molecule has 0 saturated carbocycles. The van der Waals surface area contributed by atoms with E-state index in [1.165, 1.54) is 14.9 Å². The Hall–Kier alpha value is -4.04. The Labute approximate surface area is 258 Å². The highest BCUT2D eigenvalue weighted by Crippen LogP contribution is 2.38.